The van der Waals surface area contributed by atoms with Crippen LogP contribution in [0, 0.1) is 0 Å². The zero-order valence-electron chi connectivity index (χ0n) is 16.0. The highest BCUT2D eigenvalue weighted by Crippen LogP contribution is 2.30. The predicted molar refractivity (Wildman–Crippen MR) is 112 cm³/mol. The summed E-state index contributed by atoms with van der Waals surface area (Å²) in [4.78, 5) is 45.6. The number of ether oxygens (including phenoxy) is 1. The molecule has 3 aromatic rings. The number of carbonyl (C=O) groups is 2. The van der Waals surface area contributed by atoms with E-state index in [4.69, 9.17) is 4.74 Å². The minimum Gasteiger partial charge on any atom is -0.482 e. The topological polar surface area (TPSA) is 125 Å². The van der Waals surface area contributed by atoms with E-state index in [0.29, 0.717) is 21.7 Å². The molecule has 0 bridgehead atoms. The van der Waals surface area contributed by atoms with Crippen molar-refractivity contribution in [1.82, 2.24) is 20.6 Å². The molecule has 5 rings (SSSR count). The van der Waals surface area contributed by atoms with E-state index in [2.05, 4.69) is 25.9 Å². The molecule has 2 aliphatic rings. The third-order valence-electron chi connectivity index (χ3n) is 5.17. The summed E-state index contributed by atoms with van der Waals surface area (Å²) in [5.74, 6) is -0.0911. The number of aromatic amines is 1. The van der Waals surface area contributed by atoms with Crippen LogP contribution in [0.3, 0.4) is 0 Å². The molecule has 4 heterocycles. The van der Waals surface area contributed by atoms with Gasteiger partial charge in [0, 0.05) is 11.4 Å². The van der Waals surface area contributed by atoms with Gasteiger partial charge in [-0.05, 0) is 49.2 Å². The number of rotatable bonds is 3. The minimum absolute atomic E-state index is 0.00312. The molecule has 10 heteroatoms. The standard InChI is InChI=1S/C20H19N5O4S/c26-15-9-29-13-2-1-10(7-12(13)23-15)8-22-19(28)17-24-18(27)16-11-3-5-21-6-4-14(11)30-20(16)25-17/h1-2,7,21H,3-6,8-9H2,(H,22,28)(H,23,26)(H,24,25,27). The first kappa shape index (κ1) is 18.8. The number of amides is 2. The zero-order valence-corrected chi connectivity index (χ0v) is 16.8. The Hall–Kier alpha value is -3.24. The largest absolute Gasteiger partial charge is 0.482 e. The fourth-order valence-corrected chi connectivity index (χ4v) is 4.95. The van der Waals surface area contributed by atoms with Gasteiger partial charge in [0.1, 0.15) is 10.6 Å². The number of nitrogens with zero attached hydrogens (tertiary/aromatic N) is 1. The molecule has 0 saturated carbocycles. The molecule has 1 aromatic carbocycles. The van der Waals surface area contributed by atoms with Crippen molar-refractivity contribution in [2.24, 2.45) is 0 Å². The SMILES string of the molecule is O=C1COc2ccc(CNC(=O)c3nc4sc5c(c4c(=O)[nH]3)CCNCC5)cc2N1. The van der Waals surface area contributed by atoms with Crippen molar-refractivity contribution in [3.05, 3.63) is 50.4 Å². The number of nitrogens with one attached hydrogen (secondary N) is 4. The van der Waals surface area contributed by atoms with Gasteiger partial charge in [0.15, 0.2) is 6.61 Å². The van der Waals surface area contributed by atoms with Gasteiger partial charge in [-0.15, -0.1) is 11.3 Å². The Bertz CT molecular complexity index is 1230. The number of H-pyrrole nitrogens is 1. The van der Waals surface area contributed by atoms with Gasteiger partial charge in [0.2, 0.25) is 5.82 Å². The van der Waals surface area contributed by atoms with Crippen molar-refractivity contribution in [1.29, 1.82) is 0 Å². The number of thiophene rings is 1. The van der Waals surface area contributed by atoms with Gasteiger partial charge in [0.05, 0.1) is 11.1 Å². The van der Waals surface area contributed by atoms with E-state index in [-0.39, 0.29) is 30.4 Å². The molecule has 154 valence electrons. The minimum atomic E-state index is -0.461. The van der Waals surface area contributed by atoms with Crippen molar-refractivity contribution in [3.8, 4) is 5.75 Å². The van der Waals surface area contributed by atoms with Crippen molar-refractivity contribution >= 4 is 39.1 Å². The maximum Gasteiger partial charge on any atom is 0.287 e. The van der Waals surface area contributed by atoms with Crippen LogP contribution in [0.15, 0.2) is 23.0 Å². The smallest absolute Gasteiger partial charge is 0.287 e. The second-order valence-corrected chi connectivity index (χ2v) is 8.28. The first-order valence-electron chi connectivity index (χ1n) is 9.67. The molecule has 2 amide bonds. The predicted octanol–water partition coefficient (Wildman–Crippen LogP) is 0.934. The summed E-state index contributed by atoms with van der Waals surface area (Å²) in [6.45, 7) is 1.91. The first-order valence-corrected chi connectivity index (χ1v) is 10.5. The molecular formula is C20H19N5O4S. The second kappa shape index (κ2) is 7.54. The fourth-order valence-electron chi connectivity index (χ4n) is 3.73. The summed E-state index contributed by atoms with van der Waals surface area (Å²) >= 11 is 1.48. The zero-order chi connectivity index (χ0) is 20.7. The van der Waals surface area contributed by atoms with Gasteiger partial charge in [-0.25, -0.2) is 4.98 Å². The van der Waals surface area contributed by atoms with Crippen LogP contribution in [0.1, 0.15) is 26.6 Å². The average Bonchev–Trinajstić information content (AvgIpc) is 2.93. The molecule has 0 saturated heterocycles. The average molecular weight is 425 g/mol. The number of fused-ring (bicyclic) bond motifs is 4. The highest BCUT2D eigenvalue weighted by Gasteiger charge is 2.21. The van der Waals surface area contributed by atoms with Crippen LogP contribution in [0.25, 0.3) is 10.2 Å². The van der Waals surface area contributed by atoms with Gasteiger partial charge in [-0.3, -0.25) is 14.4 Å². The van der Waals surface area contributed by atoms with Crippen LogP contribution in [0.2, 0.25) is 0 Å². The molecule has 4 N–H and O–H groups in total. The van der Waals surface area contributed by atoms with E-state index in [1.165, 1.54) is 11.3 Å². The van der Waals surface area contributed by atoms with Gasteiger partial charge in [-0.2, -0.15) is 0 Å². The number of hydrogen-bond acceptors (Lipinski definition) is 7. The molecule has 0 aliphatic carbocycles. The van der Waals surface area contributed by atoms with Crippen LogP contribution in [0.5, 0.6) is 5.75 Å². The first-order chi connectivity index (χ1) is 14.6. The lowest BCUT2D eigenvalue weighted by molar-refractivity contribution is -0.118. The maximum absolute atomic E-state index is 12.7. The van der Waals surface area contributed by atoms with Crippen LogP contribution in [-0.4, -0.2) is 41.5 Å². The summed E-state index contributed by atoms with van der Waals surface area (Å²) in [6, 6.07) is 5.30. The quantitative estimate of drug-likeness (QED) is 0.495. The van der Waals surface area contributed by atoms with Crippen LogP contribution < -0.4 is 26.2 Å². The lowest BCUT2D eigenvalue weighted by Gasteiger charge is -2.18. The monoisotopic (exact) mass is 425 g/mol. The second-order valence-electron chi connectivity index (χ2n) is 7.20. The van der Waals surface area contributed by atoms with Gasteiger partial charge in [-0.1, -0.05) is 6.07 Å². The fraction of sp³-hybridized carbons (Fsp3) is 0.300. The van der Waals surface area contributed by atoms with Crippen molar-refractivity contribution in [2.75, 3.05) is 25.0 Å². The Kier molecular flexibility index (Phi) is 4.72. The van der Waals surface area contributed by atoms with Crippen LogP contribution >= 0.6 is 11.3 Å². The van der Waals surface area contributed by atoms with Gasteiger partial charge < -0.3 is 25.7 Å². The Morgan fingerprint density at radius 2 is 2.10 bits per heavy atom. The maximum atomic E-state index is 12.7. The summed E-state index contributed by atoms with van der Waals surface area (Å²) in [7, 11) is 0. The van der Waals surface area contributed by atoms with Gasteiger partial charge >= 0.3 is 0 Å². The van der Waals surface area contributed by atoms with E-state index in [1.54, 1.807) is 18.2 Å². The van der Waals surface area contributed by atoms with E-state index in [1.807, 2.05) is 0 Å². The molecule has 0 atom stereocenters. The lowest BCUT2D eigenvalue weighted by Crippen LogP contribution is -2.28. The Morgan fingerprint density at radius 1 is 1.23 bits per heavy atom. The lowest BCUT2D eigenvalue weighted by atomic mass is 10.1. The van der Waals surface area contributed by atoms with Crippen molar-refractivity contribution in [2.45, 2.75) is 19.4 Å². The van der Waals surface area contributed by atoms with E-state index in [0.717, 1.165) is 41.9 Å². The van der Waals surface area contributed by atoms with Crippen LogP contribution in [0.4, 0.5) is 5.69 Å². The van der Waals surface area contributed by atoms with Gasteiger partial charge in [0.25, 0.3) is 17.4 Å². The molecule has 9 nitrogen and oxygen atoms in total. The third kappa shape index (κ3) is 3.44. The van der Waals surface area contributed by atoms with E-state index in [9.17, 15) is 14.4 Å². The number of hydrogen-bond donors (Lipinski definition) is 4. The number of anilines is 1. The van der Waals surface area contributed by atoms with E-state index >= 15 is 0 Å². The highest BCUT2D eigenvalue weighted by molar-refractivity contribution is 7.18. The molecule has 2 aromatic heterocycles. The molecule has 0 fully saturated rings. The van der Waals surface area contributed by atoms with E-state index < -0.39 is 5.91 Å². The molecule has 2 aliphatic heterocycles. The molecular weight excluding hydrogens is 406 g/mol. The molecule has 0 unspecified atom stereocenters. The number of benzene rings is 1. The highest BCUT2D eigenvalue weighted by atomic mass is 32.1. The van der Waals surface area contributed by atoms with Crippen LogP contribution in [-0.2, 0) is 24.2 Å². The van der Waals surface area contributed by atoms with Crippen molar-refractivity contribution < 1.29 is 14.3 Å². The Labute approximate surface area is 174 Å². The summed E-state index contributed by atoms with van der Waals surface area (Å²) in [6.07, 6.45) is 1.64. The Balaban J connectivity index is 1.36. The summed E-state index contributed by atoms with van der Waals surface area (Å²) < 4.78 is 5.33. The summed E-state index contributed by atoms with van der Waals surface area (Å²) in [5.41, 5.74) is 2.12. The normalized spacial score (nSPS) is 15.5. The Morgan fingerprint density at radius 3 is 3.00 bits per heavy atom. The molecule has 0 radical (unpaired) electrons. The number of aromatic nitrogens is 2. The number of carbonyl (C=O) groups excluding carboxylic acids is 2. The molecule has 0 spiro atoms. The molecule has 30 heavy (non-hydrogen) atoms. The summed E-state index contributed by atoms with van der Waals surface area (Å²) in [5, 5.41) is 9.43. The van der Waals surface area contributed by atoms with Crippen molar-refractivity contribution in [3.63, 3.8) is 0 Å². The third-order valence-corrected chi connectivity index (χ3v) is 6.36.